The Morgan fingerprint density at radius 3 is 2.48 bits per heavy atom. The van der Waals surface area contributed by atoms with Gasteiger partial charge in [0.1, 0.15) is 0 Å². The molecule has 0 saturated carbocycles. The van der Waals surface area contributed by atoms with E-state index in [9.17, 15) is 4.39 Å². The Labute approximate surface area is 162 Å². The van der Waals surface area contributed by atoms with Crippen LogP contribution in [0.25, 0.3) is 22.2 Å². The molecule has 1 atom stereocenters. The van der Waals surface area contributed by atoms with Crippen LogP contribution in [-0.4, -0.2) is 11.2 Å². The van der Waals surface area contributed by atoms with Gasteiger partial charge in [-0.1, -0.05) is 55.3 Å². The highest BCUT2D eigenvalue weighted by Crippen LogP contribution is 2.23. The van der Waals surface area contributed by atoms with Crippen LogP contribution >= 0.6 is 0 Å². The Morgan fingerprint density at radius 1 is 0.963 bits per heavy atom. The van der Waals surface area contributed by atoms with Crippen molar-refractivity contribution in [3.8, 4) is 11.3 Å². The van der Waals surface area contributed by atoms with E-state index >= 15 is 0 Å². The van der Waals surface area contributed by atoms with Crippen molar-refractivity contribution in [1.29, 1.82) is 0 Å². The minimum Gasteiger partial charge on any atom is -0.248 e. The first kappa shape index (κ1) is 19.3. The summed E-state index contributed by atoms with van der Waals surface area (Å²) in [6.07, 6.45) is 7.03. The van der Waals surface area contributed by atoms with Crippen LogP contribution in [0.3, 0.4) is 0 Å². The number of hydrogen-bond acceptors (Lipinski definition) is 1. The molecule has 27 heavy (non-hydrogen) atoms. The molecule has 2 heteroatoms. The number of hydrogen-bond donors (Lipinski definition) is 0. The van der Waals surface area contributed by atoms with Crippen molar-refractivity contribution in [2.75, 3.05) is 0 Å². The summed E-state index contributed by atoms with van der Waals surface area (Å²) in [5.74, 6) is 0. The van der Waals surface area contributed by atoms with E-state index in [1.165, 1.54) is 16.5 Å². The average Bonchev–Trinajstić information content (AvgIpc) is 2.68. The zero-order valence-corrected chi connectivity index (χ0v) is 16.1. The van der Waals surface area contributed by atoms with Gasteiger partial charge in [-0.3, -0.25) is 0 Å². The molecule has 0 radical (unpaired) electrons. The molecule has 3 rings (SSSR count). The van der Waals surface area contributed by atoms with Crippen LogP contribution in [0.15, 0.2) is 67.3 Å². The zero-order valence-electron chi connectivity index (χ0n) is 16.1. The number of unbranched alkanes of at least 4 members (excludes halogenated alkanes) is 2. The fraction of sp³-hybridized carbons (Fsp3) is 0.320. The lowest BCUT2D eigenvalue weighted by molar-refractivity contribution is 0.330. The molecule has 1 heterocycles. The van der Waals surface area contributed by atoms with E-state index in [0.29, 0.717) is 6.42 Å². The quantitative estimate of drug-likeness (QED) is 0.293. The smallest absolute Gasteiger partial charge is 0.0973 e. The molecule has 2 aromatic carbocycles. The molecular formula is C25H28FN. The van der Waals surface area contributed by atoms with E-state index in [0.717, 1.165) is 48.9 Å². The summed E-state index contributed by atoms with van der Waals surface area (Å²) in [6, 6.07) is 19.3. The summed E-state index contributed by atoms with van der Waals surface area (Å²) in [5, 5.41) is 1.18. The third-order valence-electron chi connectivity index (χ3n) is 4.95. The summed E-state index contributed by atoms with van der Waals surface area (Å²) in [7, 11) is 0. The second-order valence-electron chi connectivity index (χ2n) is 7.29. The van der Waals surface area contributed by atoms with Crippen molar-refractivity contribution in [3.63, 3.8) is 0 Å². The molecule has 3 aromatic rings. The van der Waals surface area contributed by atoms with Crippen molar-refractivity contribution in [3.05, 3.63) is 78.4 Å². The first-order chi connectivity index (χ1) is 13.2. The molecule has 0 aliphatic heterocycles. The third kappa shape index (κ3) is 5.50. The first-order valence-corrected chi connectivity index (χ1v) is 9.89. The van der Waals surface area contributed by atoms with Gasteiger partial charge >= 0.3 is 0 Å². The first-order valence-electron chi connectivity index (χ1n) is 9.89. The van der Waals surface area contributed by atoms with Gasteiger partial charge in [-0.2, -0.15) is 0 Å². The number of aromatic nitrogens is 1. The highest BCUT2D eigenvalue weighted by Gasteiger charge is 2.04. The second-order valence-corrected chi connectivity index (χ2v) is 7.29. The van der Waals surface area contributed by atoms with Gasteiger partial charge in [0.05, 0.1) is 17.4 Å². The lowest BCUT2D eigenvalue weighted by Gasteiger charge is -2.07. The summed E-state index contributed by atoms with van der Waals surface area (Å²) >= 11 is 0. The Balaban J connectivity index is 1.66. The fourth-order valence-corrected chi connectivity index (χ4v) is 3.40. The average molecular weight is 362 g/mol. The van der Waals surface area contributed by atoms with Crippen LogP contribution in [0.2, 0.25) is 0 Å². The maximum atomic E-state index is 12.8. The Hall–Kier alpha value is -2.48. The molecule has 0 aliphatic rings. The van der Waals surface area contributed by atoms with Crippen LogP contribution in [0.1, 0.15) is 43.7 Å². The molecule has 0 bridgehead atoms. The lowest BCUT2D eigenvalue weighted by atomic mass is 10.0. The summed E-state index contributed by atoms with van der Waals surface area (Å²) in [5.41, 5.74) is 5.76. The van der Waals surface area contributed by atoms with Gasteiger partial charge in [0.15, 0.2) is 0 Å². The molecule has 140 valence electrons. The van der Waals surface area contributed by atoms with Gasteiger partial charge in [0.25, 0.3) is 0 Å². The number of rotatable bonds is 9. The van der Waals surface area contributed by atoms with Gasteiger partial charge < -0.3 is 0 Å². The van der Waals surface area contributed by atoms with Crippen molar-refractivity contribution in [2.24, 2.45) is 0 Å². The molecule has 1 nitrogen and oxygen atoms in total. The molecule has 0 saturated heterocycles. The lowest BCUT2D eigenvalue weighted by Crippen LogP contribution is -1.93. The molecule has 0 fully saturated rings. The summed E-state index contributed by atoms with van der Waals surface area (Å²) in [6.45, 7) is 5.42. The molecule has 0 N–H and O–H groups in total. The standard InChI is InChI=1S/C25H28FN/c1-3-7-20-10-13-22(14-11-20)24-17-15-23-18-21(12-16-25(23)27-24)9-6-4-5-8-19(2)26/h3,10-19H,1,4-9H2,2H3. The van der Waals surface area contributed by atoms with Gasteiger partial charge in [-0.25, -0.2) is 9.37 Å². The number of alkyl halides is 1. The van der Waals surface area contributed by atoms with Crippen LogP contribution in [-0.2, 0) is 12.8 Å². The molecule has 0 aliphatic carbocycles. The van der Waals surface area contributed by atoms with Crippen molar-refractivity contribution < 1.29 is 4.39 Å². The molecule has 0 spiro atoms. The second kappa shape index (κ2) is 9.45. The van der Waals surface area contributed by atoms with Gasteiger partial charge in [0.2, 0.25) is 0 Å². The van der Waals surface area contributed by atoms with Gasteiger partial charge in [-0.05, 0) is 61.9 Å². The SMILES string of the molecule is C=CCc1ccc(-c2ccc3cc(CCCCCC(C)F)ccc3n2)cc1. The third-order valence-corrected chi connectivity index (χ3v) is 4.95. The summed E-state index contributed by atoms with van der Waals surface area (Å²) < 4.78 is 12.8. The predicted molar refractivity (Wildman–Crippen MR) is 114 cm³/mol. The van der Waals surface area contributed by atoms with Crippen molar-refractivity contribution in [1.82, 2.24) is 4.98 Å². The normalized spacial score (nSPS) is 12.2. The monoisotopic (exact) mass is 361 g/mol. The maximum Gasteiger partial charge on any atom is 0.0973 e. The van der Waals surface area contributed by atoms with E-state index in [2.05, 4.69) is 61.2 Å². The highest BCUT2D eigenvalue weighted by molar-refractivity contribution is 5.82. The van der Waals surface area contributed by atoms with Crippen molar-refractivity contribution in [2.45, 2.75) is 51.6 Å². The van der Waals surface area contributed by atoms with E-state index in [-0.39, 0.29) is 0 Å². The number of aryl methyl sites for hydroxylation is 1. The van der Waals surface area contributed by atoms with Crippen LogP contribution in [0, 0.1) is 0 Å². The maximum absolute atomic E-state index is 12.8. The Kier molecular flexibility index (Phi) is 6.75. The van der Waals surface area contributed by atoms with Crippen LogP contribution in [0.4, 0.5) is 4.39 Å². The number of nitrogens with zero attached hydrogens (tertiary/aromatic N) is 1. The summed E-state index contributed by atoms with van der Waals surface area (Å²) in [4.78, 5) is 4.83. The fourth-order valence-electron chi connectivity index (χ4n) is 3.40. The van der Waals surface area contributed by atoms with E-state index in [1.807, 2.05) is 6.08 Å². The Bertz CT molecular complexity index is 880. The number of halogens is 1. The predicted octanol–water partition coefficient (Wildman–Crippen LogP) is 7.09. The van der Waals surface area contributed by atoms with E-state index < -0.39 is 6.17 Å². The zero-order chi connectivity index (χ0) is 19.1. The van der Waals surface area contributed by atoms with E-state index in [4.69, 9.17) is 4.98 Å². The number of fused-ring (bicyclic) bond motifs is 1. The van der Waals surface area contributed by atoms with Crippen LogP contribution < -0.4 is 0 Å². The molecule has 0 amide bonds. The Morgan fingerprint density at radius 2 is 1.74 bits per heavy atom. The minimum atomic E-state index is -0.677. The van der Waals surface area contributed by atoms with Crippen molar-refractivity contribution >= 4 is 10.9 Å². The highest BCUT2D eigenvalue weighted by atomic mass is 19.1. The minimum absolute atomic E-state index is 0.677. The molecule has 1 unspecified atom stereocenters. The number of pyridine rings is 1. The topological polar surface area (TPSA) is 12.9 Å². The molecular weight excluding hydrogens is 333 g/mol. The molecule has 1 aromatic heterocycles. The van der Waals surface area contributed by atoms with Gasteiger partial charge in [-0.15, -0.1) is 6.58 Å². The number of allylic oxidation sites excluding steroid dienone is 1. The van der Waals surface area contributed by atoms with E-state index in [1.54, 1.807) is 6.92 Å². The van der Waals surface area contributed by atoms with Crippen LogP contribution in [0.5, 0.6) is 0 Å². The largest absolute Gasteiger partial charge is 0.248 e. The van der Waals surface area contributed by atoms with Gasteiger partial charge in [0, 0.05) is 10.9 Å². The number of benzene rings is 2.